The summed E-state index contributed by atoms with van der Waals surface area (Å²) in [5, 5.41) is 3.88. The van der Waals surface area contributed by atoms with E-state index in [4.69, 9.17) is 17.3 Å². The largest absolute Gasteiger partial charge is 0.370 e. The van der Waals surface area contributed by atoms with E-state index in [2.05, 4.69) is 26.2 Å². The Morgan fingerprint density at radius 1 is 1.35 bits per heavy atom. The van der Waals surface area contributed by atoms with Crippen LogP contribution in [0.4, 0.5) is 5.69 Å². The fraction of sp³-hybridized carbons (Fsp3) is 0.500. The summed E-state index contributed by atoms with van der Waals surface area (Å²) in [6.07, 6.45) is 0. The van der Waals surface area contributed by atoms with Gasteiger partial charge in [0.05, 0.1) is 0 Å². The number of nitrogens with zero attached hydrogens (tertiary/aromatic N) is 3. The minimum Gasteiger partial charge on any atom is -0.370 e. The summed E-state index contributed by atoms with van der Waals surface area (Å²) in [4.78, 5) is 8.68. The van der Waals surface area contributed by atoms with Crippen molar-refractivity contribution in [2.24, 2.45) is 10.7 Å². The van der Waals surface area contributed by atoms with Crippen LogP contribution in [0.25, 0.3) is 0 Å². The Morgan fingerprint density at radius 3 is 2.75 bits per heavy atom. The van der Waals surface area contributed by atoms with E-state index in [1.54, 1.807) is 7.05 Å². The topological polar surface area (TPSA) is 56.9 Å². The molecule has 0 saturated carbocycles. The van der Waals surface area contributed by atoms with Gasteiger partial charge < -0.3 is 16.0 Å². The van der Waals surface area contributed by atoms with Crippen molar-refractivity contribution in [1.82, 2.24) is 10.2 Å². The summed E-state index contributed by atoms with van der Waals surface area (Å²) in [6, 6.07) is 8.05. The Bertz CT molecular complexity index is 455. The predicted octanol–water partition coefficient (Wildman–Crippen LogP) is 0.996. The van der Waals surface area contributed by atoms with Crippen molar-refractivity contribution in [2.45, 2.75) is 0 Å². The van der Waals surface area contributed by atoms with E-state index in [0.717, 1.165) is 44.3 Å². The van der Waals surface area contributed by atoms with Crippen molar-refractivity contribution < 1.29 is 0 Å². The van der Waals surface area contributed by atoms with Crippen LogP contribution in [-0.2, 0) is 0 Å². The smallest absolute Gasteiger partial charge is 0.188 e. The molecule has 0 aromatic heterocycles. The first-order valence-corrected chi connectivity index (χ1v) is 7.26. The summed E-state index contributed by atoms with van der Waals surface area (Å²) in [5.41, 5.74) is 6.81. The third kappa shape index (κ3) is 4.28. The molecule has 2 rings (SSSR count). The third-order valence-electron chi connectivity index (χ3n) is 3.52. The number of anilines is 1. The Labute approximate surface area is 125 Å². The van der Waals surface area contributed by atoms with Gasteiger partial charge in [0, 0.05) is 57.0 Å². The van der Waals surface area contributed by atoms with Gasteiger partial charge in [-0.05, 0) is 18.2 Å². The fourth-order valence-electron chi connectivity index (χ4n) is 2.32. The van der Waals surface area contributed by atoms with Gasteiger partial charge in [0.2, 0.25) is 0 Å². The number of nitrogens with one attached hydrogen (secondary N) is 1. The van der Waals surface area contributed by atoms with Crippen LogP contribution in [0.3, 0.4) is 0 Å². The molecule has 0 atom stereocenters. The Kier molecular flexibility index (Phi) is 5.49. The number of hydrogen-bond acceptors (Lipinski definition) is 3. The highest BCUT2D eigenvalue weighted by molar-refractivity contribution is 6.30. The Balaban J connectivity index is 1.75. The van der Waals surface area contributed by atoms with Crippen LogP contribution in [0.1, 0.15) is 0 Å². The first-order valence-electron chi connectivity index (χ1n) is 6.88. The second kappa shape index (κ2) is 7.36. The molecule has 0 unspecified atom stereocenters. The maximum atomic E-state index is 6.04. The molecular formula is C14H22ClN5. The lowest BCUT2D eigenvalue weighted by molar-refractivity contribution is 0.262. The molecule has 0 radical (unpaired) electrons. The van der Waals surface area contributed by atoms with Gasteiger partial charge in [-0.2, -0.15) is 0 Å². The van der Waals surface area contributed by atoms with Crippen molar-refractivity contribution in [3.63, 3.8) is 0 Å². The first-order chi connectivity index (χ1) is 9.69. The summed E-state index contributed by atoms with van der Waals surface area (Å²) in [5.74, 6) is 0.502. The molecule has 1 heterocycles. The van der Waals surface area contributed by atoms with Crippen LogP contribution in [0.15, 0.2) is 29.3 Å². The van der Waals surface area contributed by atoms with Crippen LogP contribution in [-0.4, -0.2) is 57.2 Å². The van der Waals surface area contributed by atoms with Crippen molar-refractivity contribution in [2.75, 3.05) is 51.2 Å². The summed E-state index contributed by atoms with van der Waals surface area (Å²) in [7, 11) is 1.69. The molecule has 1 aliphatic rings. The van der Waals surface area contributed by atoms with Crippen molar-refractivity contribution in [1.29, 1.82) is 0 Å². The van der Waals surface area contributed by atoms with Crippen molar-refractivity contribution in [3.8, 4) is 0 Å². The molecule has 0 aliphatic carbocycles. The van der Waals surface area contributed by atoms with Gasteiger partial charge in [-0.1, -0.05) is 17.7 Å². The fourth-order valence-corrected chi connectivity index (χ4v) is 2.51. The predicted molar refractivity (Wildman–Crippen MR) is 85.7 cm³/mol. The van der Waals surface area contributed by atoms with Gasteiger partial charge in [0.25, 0.3) is 0 Å². The summed E-state index contributed by atoms with van der Waals surface area (Å²) in [6.45, 7) is 5.98. The molecular weight excluding hydrogens is 274 g/mol. The highest BCUT2D eigenvalue weighted by Gasteiger charge is 2.16. The Morgan fingerprint density at radius 2 is 2.10 bits per heavy atom. The van der Waals surface area contributed by atoms with Crippen LogP contribution in [0, 0.1) is 0 Å². The molecule has 1 fully saturated rings. The molecule has 1 saturated heterocycles. The van der Waals surface area contributed by atoms with E-state index in [9.17, 15) is 0 Å². The average molecular weight is 296 g/mol. The maximum absolute atomic E-state index is 6.04. The summed E-state index contributed by atoms with van der Waals surface area (Å²) < 4.78 is 0. The van der Waals surface area contributed by atoms with Crippen molar-refractivity contribution in [3.05, 3.63) is 29.3 Å². The lowest BCUT2D eigenvalue weighted by Gasteiger charge is -2.36. The number of benzene rings is 1. The number of halogens is 1. The number of aliphatic imine (C=N–C) groups is 1. The molecule has 0 amide bonds. The van der Waals surface area contributed by atoms with E-state index in [1.807, 2.05) is 18.2 Å². The van der Waals surface area contributed by atoms with Crippen LogP contribution < -0.4 is 16.0 Å². The molecule has 3 N–H and O–H groups in total. The van der Waals surface area contributed by atoms with Crippen LogP contribution in [0.2, 0.25) is 5.02 Å². The molecule has 5 nitrogen and oxygen atoms in total. The zero-order chi connectivity index (χ0) is 14.4. The van der Waals surface area contributed by atoms with Crippen LogP contribution in [0.5, 0.6) is 0 Å². The van der Waals surface area contributed by atoms with Gasteiger partial charge in [0.1, 0.15) is 0 Å². The highest BCUT2D eigenvalue weighted by atomic mass is 35.5. The Hall–Kier alpha value is -1.46. The van der Waals surface area contributed by atoms with Crippen molar-refractivity contribution >= 4 is 23.2 Å². The number of piperazine rings is 1. The van der Waals surface area contributed by atoms with E-state index in [0.29, 0.717) is 5.96 Å². The van der Waals surface area contributed by atoms with Gasteiger partial charge >= 0.3 is 0 Å². The lowest BCUT2D eigenvalue weighted by atomic mass is 10.2. The van der Waals surface area contributed by atoms with E-state index >= 15 is 0 Å². The molecule has 1 aromatic carbocycles. The maximum Gasteiger partial charge on any atom is 0.188 e. The standard InChI is InChI=1S/C14H22ClN5/c1-17-14(16)18-5-6-19-7-9-20(10-8-19)13-4-2-3-12(15)11-13/h2-4,11H,5-10H2,1H3,(H3,16,17,18). The third-order valence-corrected chi connectivity index (χ3v) is 3.76. The molecule has 0 spiro atoms. The highest BCUT2D eigenvalue weighted by Crippen LogP contribution is 2.20. The van der Waals surface area contributed by atoms with Gasteiger partial charge in [-0.15, -0.1) is 0 Å². The lowest BCUT2D eigenvalue weighted by Crippen LogP contribution is -2.49. The number of rotatable bonds is 4. The summed E-state index contributed by atoms with van der Waals surface area (Å²) >= 11 is 6.04. The average Bonchev–Trinajstić information content (AvgIpc) is 2.48. The molecule has 20 heavy (non-hydrogen) atoms. The first kappa shape index (κ1) is 14.9. The monoisotopic (exact) mass is 295 g/mol. The molecule has 110 valence electrons. The minimum absolute atomic E-state index is 0.502. The zero-order valence-electron chi connectivity index (χ0n) is 11.8. The zero-order valence-corrected chi connectivity index (χ0v) is 12.6. The van der Waals surface area contributed by atoms with Gasteiger partial charge in [0.15, 0.2) is 5.96 Å². The molecule has 6 heteroatoms. The van der Waals surface area contributed by atoms with Gasteiger partial charge in [-0.3, -0.25) is 9.89 Å². The second-order valence-electron chi connectivity index (χ2n) is 4.84. The minimum atomic E-state index is 0.502. The number of guanidine groups is 1. The van der Waals surface area contributed by atoms with Gasteiger partial charge in [-0.25, -0.2) is 0 Å². The SMILES string of the molecule is CN=C(N)NCCN1CCN(c2cccc(Cl)c2)CC1. The molecule has 0 bridgehead atoms. The van der Waals surface area contributed by atoms with E-state index in [1.165, 1.54) is 5.69 Å². The normalized spacial score (nSPS) is 17.3. The van der Waals surface area contributed by atoms with E-state index in [-0.39, 0.29) is 0 Å². The van der Waals surface area contributed by atoms with Crippen LogP contribution >= 0.6 is 11.6 Å². The van der Waals surface area contributed by atoms with E-state index < -0.39 is 0 Å². The number of nitrogens with two attached hydrogens (primary N) is 1. The second-order valence-corrected chi connectivity index (χ2v) is 5.28. The molecule has 1 aromatic rings. The molecule has 1 aliphatic heterocycles. The quantitative estimate of drug-likeness (QED) is 0.643. The number of hydrogen-bond donors (Lipinski definition) is 2.